The number of alkyl halides is 3. The molecule has 226 valence electrons. The third-order valence-electron chi connectivity index (χ3n) is 6.86. The summed E-state index contributed by atoms with van der Waals surface area (Å²) < 4.78 is 71.8. The van der Waals surface area contributed by atoms with Crippen LogP contribution in [0.2, 0.25) is 0 Å². The first-order chi connectivity index (χ1) is 20.9. The number of aromatic nitrogens is 1. The zero-order valence-electron chi connectivity index (χ0n) is 23.2. The van der Waals surface area contributed by atoms with E-state index in [4.69, 9.17) is 0 Å². The number of carboxylic acids is 1. The Bertz CT molecular complexity index is 1950. The fourth-order valence-electron chi connectivity index (χ4n) is 5.07. The minimum Gasteiger partial charge on any atom is -0.477 e. The van der Waals surface area contributed by atoms with Crippen LogP contribution in [0.3, 0.4) is 0 Å². The number of benzene rings is 4. The molecule has 0 saturated heterocycles. The second-order valence-corrected chi connectivity index (χ2v) is 11.8. The lowest BCUT2D eigenvalue weighted by Gasteiger charge is -2.13. The molecule has 0 fully saturated rings. The minimum absolute atomic E-state index is 0.0331. The first kappa shape index (κ1) is 30.4. The minimum atomic E-state index is -4.88. The number of carbonyl (C=O) groups is 1. The summed E-state index contributed by atoms with van der Waals surface area (Å²) in [5.74, 6) is -1.74. The van der Waals surface area contributed by atoms with E-state index in [1.165, 1.54) is 24.3 Å². The van der Waals surface area contributed by atoms with E-state index in [0.717, 1.165) is 0 Å². The molecule has 0 amide bonds. The zero-order valence-corrected chi connectivity index (χ0v) is 24.0. The van der Waals surface area contributed by atoms with Crippen molar-refractivity contribution in [1.29, 1.82) is 0 Å². The number of fused-ring (bicyclic) bond motifs is 1. The second-order valence-electron chi connectivity index (χ2n) is 9.99. The molecule has 1 heterocycles. The molecule has 0 aliphatic heterocycles. The molecule has 11 heteroatoms. The second kappa shape index (κ2) is 12.3. The number of hydrogen-bond acceptors (Lipinski definition) is 4. The van der Waals surface area contributed by atoms with Gasteiger partial charge in [0.15, 0.2) is 0 Å². The van der Waals surface area contributed by atoms with Gasteiger partial charge in [0.2, 0.25) is 10.0 Å². The third kappa shape index (κ3) is 6.95. The number of carboxylic acid groups (broad SMARTS) is 1. The fourth-order valence-corrected chi connectivity index (χ4v) is 6.13. The molecule has 0 spiro atoms. The van der Waals surface area contributed by atoms with Gasteiger partial charge in [0.05, 0.1) is 11.3 Å². The maximum Gasteiger partial charge on any atom is 0.573 e. The van der Waals surface area contributed by atoms with Crippen molar-refractivity contribution in [2.75, 3.05) is 10.5 Å². The lowest BCUT2D eigenvalue weighted by Crippen LogP contribution is -2.17. The lowest BCUT2D eigenvalue weighted by atomic mass is 9.99. The summed E-state index contributed by atoms with van der Waals surface area (Å²) in [6.07, 6.45) is -3.06. The summed E-state index contributed by atoms with van der Waals surface area (Å²) in [5, 5.41) is 11.0. The van der Waals surface area contributed by atoms with Crippen molar-refractivity contribution in [1.82, 2.24) is 4.57 Å². The SMILES string of the molecule is C=CCCS(=O)(=O)Nc1cccc(-c2ccc3c(-c4ccccc4)c(C(=O)O)n(Cc4cccc(OC(F)(F)F)c4)c3c2)c1. The largest absolute Gasteiger partial charge is 0.573 e. The fraction of sp³-hybridized carbons (Fsp3) is 0.121. The average Bonchev–Trinajstić information content (AvgIpc) is 3.29. The van der Waals surface area contributed by atoms with Gasteiger partial charge in [0.1, 0.15) is 11.4 Å². The van der Waals surface area contributed by atoms with Crippen LogP contribution >= 0.6 is 0 Å². The van der Waals surface area contributed by atoms with E-state index < -0.39 is 28.1 Å². The van der Waals surface area contributed by atoms with Crippen molar-refractivity contribution >= 4 is 32.6 Å². The molecular weight excluding hydrogens is 593 g/mol. The number of ether oxygens (including phenoxy) is 1. The van der Waals surface area contributed by atoms with Gasteiger partial charge >= 0.3 is 12.3 Å². The number of halogens is 3. The van der Waals surface area contributed by atoms with Crippen LogP contribution in [0.4, 0.5) is 18.9 Å². The van der Waals surface area contributed by atoms with Gasteiger partial charge in [-0.05, 0) is 59.0 Å². The Morgan fingerprint density at radius 1 is 0.909 bits per heavy atom. The van der Waals surface area contributed by atoms with Crippen LogP contribution in [0.1, 0.15) is 22.5 Å². The summed E-state index contributed by atoms with van der Waals surface area (Å²) in [6.45, 7) is 3.49. The summed E-state index contributed by atoms with van der Waals surface area (Å²) in [5.41, 5.74) is 3.72. The highest BCUT2D eigenvalue weighted by atomic mass is 32.2. The van der Waals surface area contributed by atoms with Gasteiger partial charge in [-0.25, -0.2) is 13.2 Å². The van der Waals surface area contributed by atoms with Crippen LogP contribution in [-0.2, 0) is 16.6 Å². The van der Waals surface area contributed by atoms with Gasteiger partial charge < -0.3 is 14.4 Å². The van der Waals surface area contributed by atoms with Gasteiger partial charge in [0, 0.05) is 23.2 Å². The Morgan fingerprint density at radius 3 is 2.32 bits per heavy atom. The normalized spacial score (nSPS) is 11.8. The zero-order chi connectivity index (χ0) is 31.5. The maximum absolute atomic E-state index is 12.9. The maximum atomic E-state index is 12.9. The smallest absolute Gasteiger partial charge is 0.477 e. The highest BCUT2D eigenvalue weighted by molar-refractivity contribution is 7.92. The van der Waals surface area contributed by atoms with Gasteiger partial charge in [-0.3, -0.25) is 4.72 Å². The van der Waals surface area contributed by atoms with Crippen LogP contribution in [-0.4, -0.2) is 36.2 Å². The van der Waals surface area contributed by atoms with Crippen LogP contribution in [0.25, 0.3) is 33.2 Å². The van der Waals surface area contributed by atoms with E-state index in [1.807, 2.05) is 12.1 Å². The molecule has 2 N–H and O–H groups in total. The molecular formula is C33H27F3N2O5S. The molecule has 0 saturated carbocycles. The van der Waals surface area contributed by atoms with Gasteiger partial charge in [0.25, 0.3) is 0 Å². The molecule has 0 atom stereocenters. The standard InChI is InChI=1S/C33H27F3N2O5S/c1-2-3-17-44(41,42)37-26-13-8-12-24(19-26)25-15-16-28-29(20-25)38(21-22-9-7-14-27(18-22)43-33(34,35)36)31(32(39)40)30(28)23-10-5-4-6-11-23/h2,4-16,18-20,37H,1,3,17,21H2,(H,39,40). The van der Waals surface area contributed by atoms with Crippen molar-refractivity contribution in [2.45, 2.75) is 19.3 Å². The molecule has 0 unspecified atom stereocenters. The number of nitrogens with zero attached hydrogens (tertiary/aromatic N) is 1. The number of hydrogen-bond donors (Lipinski definition) is 2. The Morgan fingerprint density at radius 2 is 1.61 bits per heavy atom. The summed E-state index contributed by atoms with van der Waals surface area (Å²) in [6, 6.07) is 26.6. The predicted octanol–water partition coefficient (Wildman–Crippen LogP) is 7.94. The Labute approximate surface area is 251 Å². The first-order valence-electron chi connectivity index (χ1n) is 13.5. The van der Waals surface area contributed by atoms with Crippen molar-refractivity contribution in [3.05, 3.63) is 121 Å². The van der Waals surface area contributed by atoms with E-state index in [2.05, 4.69) is 16.0 Å². The number of allylic oxidation sites excluding steroid dienone is 1. The quantitative estimate of drug-likeness (QED) is 0.146. The number of rotatable bonds is 11. The molecule has 1 aromatic heterocycles. The third-order valence-corrected chi connectivity index (χ3v) is 8.18. The highest BCUT2D eigenvalue weighted by Gasteiger charge is 2.31. The monoisotopic (exact) mass is 620 g/mol. The summed E-state index contributed by atoms with van der Waals surface area (Å²) in [4.78, 5) is 12.8. The van der Waals surface area contributed by atoms with Gasteiger partial charge in [-0.2, -0.15) is 0 Å². The number of anilines is 1. The summed E-state index contributed by atoms with van der Waals surface area (Å²) in [7, 11) is -3.60. The molecule has 7 nitrogen and oxygen atoms in total. The van der Waals surface area contributed by atoms with Crippen LogP contribution in [0.5, 0.6) is 5.75 Å². The van der Waals surface area contributed by atoms with Crippen LogP contribution in [0, 0.1) is 0 Å². The molecule has 5 rings (SSSR count). The van der Waals surface area contributed by atoms with E-state index in [1.54, 1.807) is 71.3 Å². The number of nitrogens with one attached hydrogen (secondary N) is 1. The van der Waals surface area contributed by atoms with E-state index >= 15 is 0 Å². The molecule has 44 heavy (non-hydrogen) atoms. The number of aromatic carboxylic acids is 1. The van der Waals surface area contributed by atoms with Crippen molar-refractivity contribution in [3.63, 3.8) is 0 Å². The molecule has 0 bridgehead atoms. The molecule has 0 aliphatic rings. The average molecular weight is 621 g/mol. The van der Waals surface area contributed by atoms with Gasteiger partial charge in [-0.15, -0.1) is 19.8 Å². The predicted molar refractivity (Wildman–Crippen MR) is 164 cm³/mol. The molecule has 5 aromatic rings. The van der Waals surface area contributed by atoms with Crippen molar-refractivity contribution in [3.8, 4) is 28.0 Å². The molecule has 0 radical (unpaired) electrons. The Hall–Kier alpha value is -5.03. The van der Waals surface area contributed by atoms with Crippen molar-refractivity contribution < 1.29 is 36.2 Å². The summed E-state index contributed by atoms with van der Waals surface area (Å²) >= 11 is 0. The Balaban J connectivity index is 1.65. The van der Waals surface area contributed by atoms with Crippen molar-refractivity contribution in [2.24, 2.45) is 0 Å². The molecule has 4 aromatic carbocycles. The van der Waals surface area contributed by atoms with E-state index in [0.29, 0.717) is 50.8 Å². The highest BCUT2D eigenvalue weighted by Crippen LogP contribution is 2.38. The Kier molecular flexibility index (Phi) is 8.50. The van der Waals surface area contributed by atoms with Crippen LogP contribution in [0.15, 0.2) is 110 Å². The van der Waals surface area contributed by atoms with E-state index in [9.17, 15) is 31.5 Å². The lowest BCUT2D eigenvalue weighted by molar-refractivity contribution is -0.274. The van der Waals surface area contributed by atoms with Gasteiger partial charge in [-0.1, -0.05) is 72.8 Å². The molecule has 0 aliphatic carbocycles. The van der Waals surface area contributed by atoms with Crippen LogP contribution < -0.4 is 9.46 Å². The topological polar surface area (TPSA) is 97.6 Å². The first-order valence-corrected chi connectivity index (χ1v) is 15.1. The van der Waals surface area contributed by atoms with E-state index in [-0.39, 0.29) is 18.0 Å². The number of sulfonamides is 1.